The zero-order chi connectivity index (χ0) is 22.9. The van der Waals surface area contributed by atoms with E-state index in [9.17, 15) is 31.5 Å². The molecule has 13 heteroatoms. The maximum Gasteiger partial charge on any atom is 0.426 e. The van der Waals surface area contributed by atoms with Gasteiger partial charge in [0.25, 0.3) is 15.9 Å². The zero-order valence-electron chi connectivity index (χ0n) is 15.3. The number of hydrogen-bond donors (Lipinski definition) is 3. The molecule has 2 rings (SSSR count). The number of carbonyl (C=O) groups is 1. The summed E-state index contributed by atoms with van der Waals surface area (Å²) < 4.78 is 71.0. The highest BCUT2D eigenvalue weighted by molar-refractivity contribution is 7.92. The van der Waals surface area contributed by atoms with Crippen LogP contribution in [-0.4, -0.2) is 38.3 Å². The number of anilines is 2. The molecule has 30 heavy (non-hydrogen) atoms. The largest absolute Gasteiger partial charge is 0.495 e. The molecule has 1 amide bonds. The molecule has 7 nitrogen and oxygen atoms in total. The van der Waals surface area contributed by atoms with Crippen LogP contribution in [0.5, 0.6) is 5.75 Å². The normalized spacial score (nSPS) is 14.0. The Hall–Kier alpha value is -2.21. The van der Waals surface area contributed by atoms with Crippen LogP contribution in [0.25, 0.3) is 0 Å². The van der Waals surface area contributed by atoms with Crippen molar-refractivity contribution in [2.24, 2.45) is 0 Å². The number of hydrogen-bond acceptors (Lipinski definition) is 5. The Morgan fingerprint density at radius 3 is 2.23 bits per heavy atom. The summed E-state index contributed by atoms with van der Waals surface area (Å²) in [4.78, 5) is 11.3. The summed E-state index contributed by atoms with van der Waals surface area (Å²) in [6, 6.07) is 7.99. The maximum absolute atomic E-state index is 12.8. The Bertz CT molecular complexity index is 1080. The molecule has 0 saturated carbocycles. The van der Waals surface area contributed by atoms with E-state index >= 15 is 0 Å². The lowest BCUT2D eigenvalue weighted by Gasteiger charge is -2.25. The van der Waals surface area contributed by atoms with Crippen molar-refractivity contribution in [3.05, 3.63) is 46.4 Å². The fourth-order valence-electron chi connectivity index (χ4n) is 2.14. The topological polar surface area (TPSA) is 105 Å². The summed E-state index contributed by atoms with van der Waals surface area (Å²) in [5.41, 5.74) is -4.03. The number of para-hydroxylation sites is 2. The van der Waals surface area contributed by atoms with Crippen molar-refractivity contribution in [1.82, 2.24) is 0 Å². The molecule has 0 aliphatic rings. The first-order chi connectivity index (χ1) is 13.7. The van der Waals surface area contributed by atoms with Gasteiger partial charge in [-0.2, -0.15) is 13.2 Å². The summed E-state index contributed by atoms with van der Waals surface area (Å²) >= 11 is 11.9. The molecule has 0 radical (unpaired) electrons. The predicted molar refractivity (Wildman–Crippen MR) is 106 cm³/mol. The molecule has 2 aromatic rings. The Morgan fingerprint density at radius 2 is 1.67 bits per heavy atom. The van der Waals surface area contributed by atoms with Crippen molar-refractivity contribution in [2.75, 3.05) is 17.1 Å². The molecule has 0 aliphatic carbocycles. The molecular weight excluding hydrogens is 472 g/mol. The van der Waals surface area contributed by atoms with Gasteiger partial charge >= 0.3 is 6.18 Å². The number of amides is 1. The monoisotopic (exact) mass is 486 g/mol. The van der Waals surface area contributed by atoms with Crippen molar-refractivity contribution < 1.29 is 36.2 Å². The number of benzene rings is 2. The average Bonchev–Trinajstić information content (AvgIpc) is 2.64. The highest BCUT2D eigenvalue weighted by atomic mass is 35.5. The van der Waals surface area contributed by atoms with Crippen molar-refractivity contribution in [2.45, 2.75) is 23.6 Å². The van der Waals surface area contributed by atoms with Crippen LogP contribution in [0.1, 0.15) is 6.92 Å². The second-order valence-electron chi connectivity index (χ2n) is 6.07. The standard InChI is InChI=1S/C17H15Cl2F3N2O5S/c1-16(26,17(20,21)22)15(25)23-10-7-8-12(14(19)13(10)18)30(27,28)24-9-5-3-4-6-11(9)29-2/h3-8,24,26H,1-2H3,(H,23,25)/t16-/m1/s1. The lowest BCUT2D eigenvalue weighted by Crippen LogP contribution is -2.52. The fraction of sp³-hybridized carbons (Fsp3) is 0.235. The highest BCUT2D eigenvalue weighted by Crippen LogP contribution is 2.38. The summed E-state index contributed by atoms with van der Waals surface area (Å²) in [5, 5.41) is 10.1. The molecule has 0 heterocycles. The van der Waals surface area contributed by atoms with Crippen LogP contribution >= 0.6 is 23.2 Å². The zero-order valence-corrected chi connectivity index (χ0v) is 17.7. The van der Waals surface area contributed by atoms with Gasteiger partial charge in [0, 0.05) is 0 Å². The molecule has 1 atom stereocenters. The van der Waals surface area contributed by atoms with E-state index in [-0.39, 0.29) is 18.4 Å². The van der Waals surface area contributed by atoms with Gasteiger partial charge in [0.15, 0.2) is 0 Å². The van der Waals surface area contributed by atoms with Crippen LogP contribution < -0.4 is 14.8 Å². The van der Waals surface area contributed by atoms with E-state index in [4.69, 9.17) is 27.9 Å². The maximum atomic E-state index is 12.8. The lowest BCUT2D eigenvalue weighted by molar-refractivity contribution is -0.242. The van der Waals surface area contributed by atoms with E-state index in [2.05, 4.69) is 4.72 Å². The molecule has 0 unspecified atom stereocenters. The fourth-order valence-corrected chi connectivity index (χ4v) is 4.03. The molecular formula is C17H15Cl2F3N2O5S. The summed E-state index contributed by atoms with van der Waals surface area (Å²) in [7, 11) is -2.95. The predicted octanol–water partition coefficient (Wildman–Crippen LogP) is 4.05. The van der Waals surface area contributed by atoms with Crippen LogP contribution in [0.15, 0.2) is 41.3 Å². The van der Waals surface area contributed by atoms with E-state index in [0.717, 1.165) is 12.1 Å². The number of aliphatic hydroxyl groups is 1. The van der Waals surface area contributed by atoms with E-state index in [1.54, 1.807) is 17.4 Å². The number of ether oxygens (including phenoxy) is 1. The van der Waals surface area contributed by atoms with Gasteiger partial charge in [-0.05, 0) is 31.2 Å². The van der Waals surface area contributed by atoms with Crippen LogP contribution in [0.3, 0.4) is 0 Å². The second kappa shape index (κ2) is 8.50. The van der Waals surface area contributed by atoms with Gasteiger partial charge in [0.1, 0.15) is 10.6 Å². The minimum atomic E-state index is -5.25. The Morgan fingerprint density at radius 1 is 1.07 bits per heavy atom. The van der Waals surface area contributed by atoms with Crippen LogP contribution in [0.2, 0.25) is 10.0 Å². The van der Waals surface area contributed by atoms with Gasteiger partial charge < -0.3 is 15.2 Å². The minimum Gasteiger partial charge on any atom is -0.495 e. The van der Waals surface area contributed by atoms with E-state index < -0.39 is 48.3 Å². The van der Waals surface area contributed by atoms with Crippen LogP contribution in [0.4, 0.5) is 24.5 Å². The first kappa shape index (κ1) is 24.1. The Balaban J connectivity index is 2.37. The number of rotatable bonds is 6. The van der Waals surface area contributed by atoms with Crippen LogP contribution in [0, 0.1) is 0 Å². The third-order valence-corrected chi connectivity index (χ3v) is 6.33. The molecule has 0 spiro atoms. The summed E-state index contributed by atoms with van der Waals surface area (Å²) in [6.45, 7) is 0.258. The van der Waals surface area contributed by atoms with Crippen molar-refractivity contribution in [1.29, 1.82) is 0 Å². The molecule has 0 saturated heterocycles. The Kier molecular flexibility index (Phi) is 6.82. The quantitative estimate of drug-likeness (QED) is 0.571. The first-order valence-corrected chi connectivity index (χ1v) is 10.2. The average molecular weight is 487 g/mol. The molecule has 0 aromatic heterocycles. The number of nitrogens with one attached hydrogen (secondary N) is 2. The van der Waals surface area contributed by atoms with Crippen molar-refractivity contribution in [3.8, 4) is 5.75 Å². The third kappa shape index (κ3) is 4.75. The third-order valence-electron chi connectivity index (χ3n) is 3.93. The smallest absolute Gasteiger partial charge is 0.426 e. The van der Waals surface area contributed by atoms with Crippen molar-refractivity contribution >= 4 is 50.5 Å². The highest BCUT2D eigenvalue weighted by Gasteiger charge is 2.55. The second-order valence-corrected chi connectivity index (χ2v) is 8.48. The molecule has 2 aromatic carbocycles. The number of sulfonamides is 1. The van der Waals surface area contributed by atoms with E-state index in [1.165, 1.54) is 19.2 Å². The van der Waals surface area contributed by atoms with Gasteiger partial charge in [-0.25, -0.2) is 8.42 Å². The van der Waals surface area contributed by atoms with Gasteiger partial charge in [-0.3, -0.25) is 9.52 Å². The van der Waals surface area contributed by atoms with Crippen molar-refractivity contribution in [3.63, 3.8) is 0 Å². The molecule has 164 valence electrons. The van der Waals surface area contributed by atoms with Gasteiger partial charge in [0.2, 0.25) is 5.60 Å². The minimum absolute atomic E-state index is 0.103. The molecule has 0 aliphatic heterocycles. The van der Waals surface area contributed by atoms with Crippen LogP contribution in [-0.2, 0) is 14.8 Å². The van der Waals surface area contributed by atoms with E-state index in [0.29, 0.717) is 0 Å². The molecule has 0 fully saturated rings. The molecule has 0 bridgehead atoms. The van der Waals surface area contributed by atoms with E-state index in [1.807, 2.05) is 0 Å². The Labute approximate surface area is 179 Å². The summed E-state index contributed by atoms with van der Waals surface area (Å²) in [5.74, 6) is -1.60. The summed E-state index contributed by atoms with van der Waals surface area (Å²) in [6.07, 6.45) is -5.25. The van der Waals surface area contributed by atoms with Gasteiger partial charge in [-0.1, -0.05) is 35.3 Å². The first-order valence-electron chi connectivity index (χ1n) is 7.96. The number of methoxy groups -OCH3 is 1. The SMILES string of the molecule is COc1ccccc1NS(=O)(=O)c1ccc(NC(=O)[C@@](C)(O)C(F)(F)F)c(Cl)c1Cl. The lowest BCUT2D eigenvalue weighted by atomic mass is 10.1. The van der Waals surface area contributed by atoms with Gasteiger partial charge in [0.05, 0.1) is 28.5 Å². The number of carbonyl (C=O) groups excluding carboxylic acids is 1. The number of alkyl halides is 3. The molecule has 3 N–H and O–H groups in total. The number of halogens is 5. The van der Waals surface area contributed by atoms with Gasteiger partial charge in [-0.15, -0.1) is 0 Å².